The molecule has 0 fully saturated rings. The molecule has 2 amide bonds. The molecule has 0 saturated heterocycles. The molecule has 1 aromatic heterocycles. The Hall–Kier alpha value is -2.85. The van der Waals surface area contributed by atoms with E-state index in [2.05, 4.69) is 15.6 Å². The Balaban J connectivity index is 1.73. The van der Waals surface area contributed by atoms with E-state index in [-0.39, 0.29) is 16.9 Å². The van der Waals surface area contributed by atoms with Crippen molar-refractivity contribution in [2.24, 2.45) is 0 Å². The van der Waals surface area contributed by atoms with Crippen LogP contribution < -0.4 is 10.6 Å². The first kappa shape index (κ1) is 22.8. The lowest BCUT2D eigenvalue weighted by molar-refractivity contribution is -0.137. The van der Waals surface area contributed by atoms with Crippen LogP contribution in [0.1, 0.15) is 34.1 Å². The summed E-state index contributed by atoms with van der Waals surface area (Å²) in [6.45, 7) is 3.16. The number of aryl methyl sites for hydroxylation is 1. The van der Waals surface area contributed by atoms with Crippen molar-refractivity contribution in [3.63, 3.8) is 0 Å². The van der Waals surface area contributed by atoms with E-state index in [1.54, 1.807) is 47.4 Å². The first-order chi connectivity index (χ1) is 14.6. The van der Waals surface area contributed by atoms with E-state index < -0.39 is 23.6 Å². The quantitative estimate of drug-likeness (QED) is 0.440. The molecule has 0 aliphatic rings. The number of carbonyl (C=O) groups is 2. The second-order valence-corrected chi connectivity index (χ2v) is 8.71. The molecule has 3 aromatic rings. The van der Waals surface area contributed by atoms with Gasteiger partial charge in [-0.05, 0) is 42.8 Å². The summed E-state index contributed by atoms with van der Waals surface area (Å²) in [5.41, 5.74) is 1.25. The number of alkyl halides is 3. The van der Waals surface area contributed by atoms with Crippen LogP contribution in [0.15, 0.2) is 52.2 Å². The Kier molecular flexibility index (Phi) is 7.01. The lowest BCUT2D eigenvalue weighted by Crippen LogP contribution is -2.16. The fourth-order valence-electron chi connectivity index (χ4n) is 2.61. The van der Waals surface area contributed by atoms with Crippen LogP contribution in [0, 0.1) is 6.92 Å². The second-order valence-electron chi connectivity index (χ2n) is 6.63. The zero-order valence-corrected chi connectivity index (χ0v) is 18.2. The number of nitrogens with one attached hydrogen (secondary N) is 2. The maximum Gasteiger partial charge on any atom is 0.416 e. The van der Waals surface area contributed by atoms with Gasteiger partial charge in [0.15, 0.2) is 0 Å². The van der Waals surface area contributed by atoms with Gasteiger partial charge >= 0.3 is 6.18 Å². The zero-order chi connectivity index (χ0) is 22.6. The predicted octanol–water partition coefficient (Wildman–Crippen LogP) is 5.97. The largest absolute Gasteiger partial charge is 0.416 e. The van der Waals surface area contributed by atoms with Crippen molar-refractivity contribution < 1.29 is 22.8 Å². The number of thiazole rings is 1. The van der Waals surface area contributed by atoms with Crippen LogP contribution in [0.3, 0.4) is 0 Å². The molecular formula is C21H18F3N3O2S2. The highest BCUT2D eigenvalue weighted by atomic mass is 32.2. The van der Waals surface area contributed by atoms with Gasteiger partial charge in [-0.3, -0.25) is 9.59 Å². The summed E-state index contributed by atoms with van der Waals surface area (Å²) in [5.74, 6) is -0.372. The molecule has 0 radical (unpaired) electrons. The van der Waals surface area contributed by atoms with E-state index in [1.165, 1.54) is 6.92 Å². The molecule has 0 bridgehead atoms. The summed E-state index contributed by atoms with van der Waals surface area (Å²) in [6.07, 6.45) is -4.58. The van der Waals surface area contributed by atoms with Crippen LogP contribution in [0.5, 0.6) is 0 Å². The van der Waals surface area contributed by atoms with E-state index in [0.29, 0.717) is 5.75 Å². The van der Waals surface area contributed by atoms with Crippen LogP contribution in [0.4, 0.5) is 24.5 Å². The van der Waals surface area contributed by atoms with Crippen molar-refractivity contribution in [1.29, 1.82) is 0 Å². The number of hydrogen-bond acceptors (Lipinski definition) is 5. The molecule has 5 nitrogen and oxygen atoms in total. The van der Waals surface area contributed by atoms with Gasteiger partial charge in [-0.15, -0.1) is 11.3 Å². The van der Waals surface area contributed by atoms with Gasteiger partial charge in [0.25, 0.3) is 5.91 Å². The summed E-state index contributed by atoms with van der Waals surface area (Å²) in [5, 5.41) is 6.85. The molecule has 0 aliphatic heterocycles. The van der Waals surface area contributed by atoms with Gasteiger partial charge in [0.2, 0.25) is 5.91 Å². The summed E-state index contributed by atoms with van der Waals surface area (Å²) in [4.78, 5) is 28.3. The maximum atomic E-state index is 13.1. The van der Waals surface area contributed by atoms with Crippen LogP contribution in [-0.4, -0.2) is 16.8 Å². The normalized spacial score (nSPS) is 11.3. The molecule has 2 aromatic carbocycles. The number of thioether (sulfide) groups is 1. The Morgan fingerprint density at radius 1 is 1.06 bits per heavy atom. The van der Waals surface area contributed by atoms with Crippen LogP contribution in [-0.2, 0) is 16.7 Å². The standard InChI is InChI=1S/C21H18F3N3O2S2/c1-12-10-30-20(25-12)31-11-14-3-5-15(6-4-14)19(29)27-18-9-16(21(22,23)24)7-8-17(18)26-13(2)28/h3-10H,11H2,1-2H3,(H,26,28)(H,27,29). The number of anilines is 2. The molecule has 0 spiro atoms. The zero-order valence-electron chi connectivity index (χ0n) is 16.5. The van der Waals surface area contributed by atoms with Gasteiger partial charge in [0.05, 0.1) is 16.9 Å². The molecule has 0 aliphatic carbocycles. The van der Waals surface area contributed by atoms with Gasteiger partial charge in [0.1, 0.15) is 4.34 Å². The van der Waals surface area contributed by atoms with Gasteiger partial charge in [0, 0.05) is 29.3 Å². The third-order valence-corrected chi connectivity index (χ3v) is 6.29. The van der Waals surface area contributed by atoms with Gasteiger partial charge in [-0.1, -0.05) is 23.9 Å². The summed E-state index contributed by atoms with van der Waals surface area (Å²) < 4.78 is 40.1. The molecule has 2 N–H and O–H groups in total. The predicted molar refractivity (Wildman–Crippen MR) is 117 cm³/mol. The topological polar surface area (TPSA) is 71.1 Å². The van der Waals surface area contributed by atoms with Crippen molar-refractivity contribution in [3.05, 3.63) is 70.2 Å². The third-order valence-electron chi connectivity index (χ3n) is 4.08. The van der Waals surface area contributed by atoms with Crippen molar-refractivity contribution in [2.75, 3.05) is 10.6 Å². The number of hydrogen-bond donors (Lipinski definition) is 2. The first-order valence-corrected chi connectivity index (χ1v) is 10.9. The van der Waals surface area contributed by atoms with Gasteiger partial charge in [-0.25, -0.2) is 4.98 Å². The number of nitrogens with zero attached hydrogens (tertiary/aromatic N) is 1. The second kappa shape index (κ2) is 9.52. The Labute approximate surface area is 185 Å². The average molecular weight is 466 g/mol. The summed E-state index contributed by atoms with van der Waals surface area (Å²) in [6, 6.07) is 9.52. The Morgan fingerprint density at radius 2 is 1.77 bits per heavy atom. The van der Waals surface area contributed by atoms with Gasteiger partial charge in [-0.2, -0.15) is 13.2 Å². The van der Waals surface area contributed by atoms with Gasteiger partial charge < -0.3 is 10.6 Å². The minimum Gasteiger partial charge on any atom is -0.325 e. The van der Waals surface area contributed by atoms with Crippen molar-refractivity contribution in [2.45, 2.75) is 30.1 Å². The summed E-state index contributed by atoms with van der Waals surface area (Å²) in [7, 11) is 0. The first-order valence-electron chi connectivity index (χ1n) is 9.06. The van der Waals surface area contributed by atoms with Crippen LogP contribution in [0.25, 0.3) is 0 Å². The molecule has 10 heteroatoms. The number of aromatic nitrogens is 1. The number of benzene rings is 2. The van der Waals surface area contributed by atoms with E-state index in [0.717, 1.165) is 33.8 Å². The molecule has 162 valence electrons. The van der Waals surface area contributed by atoms with Crippen molar-refractivity contribution in [1.82, 2.24) is 4.98 Å². The molecule has 1 heterocycles. The smallest absolute Gasteiger partial charge is 0.325 e. The fourth-order valence-corrected chi connectivity index (χ4v) is 4.42. The number of amides is 2. The van der Waals surface area contributed by atoms with Crippen LogP contribution >= 0.6 is 23.1 Å². The van der Waals surface area contributed by atoms with Crippen molar-refractivity contribution >= 4 is 46.3 Å². The maximum absolute atomic E-state index is 13.1. The molecule has 31 heavy (non-hydrogen) atoms. The number of halogens is 3. The lowest BCUT2D eigenvalue weighted by atomic mass is 10.1. The SMILES string of the molecule is CC(=O)Nc1ccc(C(F)(F)F)cc1NC(=O)c1ccc(CSc2nc(C)cs2)cc1. The van der Waals surface area contributed by atoms with E-state index in [1.807, 2.05) is 12.3 Å². The minimum absolute atomic E-state index is 0.0839. The fraction of sp³-hybridized carbons (Fsp3) is 0.190. The van der Waals surface area contributed by atoms with E-state index in [4.69, 9.17) is 0 Å². The highest BCUT2D eigenvalue weighted by Gasteiger charge is 2.31. The monoisotopic (exact) mass is 465 g/mol. The summed E-state index contributed by atoms with van der Waals surface area (Å²) >= 11 is 3.15. The third kappa shape index (κ3) is 6.31. The molecule has 0 saturated carbocycles. The Bertz CT molecular complexity index is 1100. The van der Waals surface area contributed by atoms with Crippen molar-refractivity contribution in [3.8, 4) is 0 Å². The molecular weight excluding hydrogens is 447 g/mol. The lowest BCUT2D eigenvalue weighted by Gasteiger charge is -2.15. The highest BCUT2D eigenvalue weighted by Crippen LogP contribution is 2.34. The van der Waals surface area contributed by atoms with E-state index >= 15 is 0 Å². The Morgan fingerprint density at radius 3 is 2.35 bits per heavy atom. The molecule has 0 unspecified atom stereocenters. The number of carbonyl (C=O) groups excluding carboxylic acids is 2. The molecule has 3 rings (SSSR count). The average Bonchev–Trinajstić information content (AvgIpc) is 3.12. The number of rotatable bonds is 6. The van der Waals surface area contributed by atoms with Crippen LogP contribution in [0.2, 0.25) is 0 Å². The van der Waals surface area contributed by atoms with E-state index in [9.17, 15) is 22.8 Å². The minimum atomic E-state index is -4.58. The molecule has 0 atom stereocenters. The highest BCUT2D eigenvalue weighted by molar-refractivity contribution is 8.00.